The molecule has 1 atom stereocenters. The number of carbonyl (C=O) groups excluding carboxylic acids is 1. The molecule has 7 nitrogen and oxygen atoms in total. The lowest BCUT2D eigenvalue weighted by Gasteiger charge is -2.19. The third kappa shape index (κ3) is 2.88. The molecule has 108 valence electrons. The Morgan fingerprint density at radius 3 is 2.95 bits per heavy atom. The fourth-order valence-electron chi connectivity index (χ4n) is 2.45. The SMILES string of the molecule is CN1CCCC1CNC(=O)c1cccc([N+](=O)[O-])c1N. The molecule has 1 aromatic rings. The maximum absolute atomic E-state index is 12.1. The topological polar surface area (TPSA) is 102 Å². The van der Waals surface area contributed by atoms with Crippen LogP contribution in [0.4, 0.5) is 11.4 Å². The van der Waals surface area contributed by atoms with Crippen LogP contribution in [0.5, 0.6) is 0 Å². The van der Waals surface area contributed by atoms with Crippen LogP contribution in [-0.2, 0) is 0 Å². The van der Waals surface area contributed by atoms with Gasteiger partial charge >= 0.3 is 0 Å². The fourth-order valence-corrected chi connectivity index (χ4v) is 2.45. The number of nitrogens with one attached hydrogen (secondary N) is 1. The average molecular weight is 278 g/mol. The van der Waals surface area contributed by atoms with Gasteiger partial charge in [0.05, 0.1) is 10.5 Å². The lowest BCUT2D eigenvalue weighted by atomic mass is 10.1. The third-order valence-corrected chi connectivity index (χ3v) is 3.69. The van der Waals surface area contributed by atoms with Crippen LogP contribution < -0.4 is 11.1 Å². The highest BCUT2D eigenvalue weighted by Gasteiger charge is 2.23. The zero-order valence-corrected chi connectivity index (χ0v) is 11.3. The van der Waals surface area contributed by atoms with Crippen molar-refractivity contribution in [1.29, 1.82) is 0 Å². The molecule has 20 heavy (non-hydrogen) atoms. The minimum atomic E-state index is -0.586. The predicted octanol–water partition coefficient (Wildman–Crippen LogP) is 1.00. The van der Waals surface area contributed by atoms with Crippen molar-refractivity contribution in [2.75, 3.05) is 25.9 Å². The summed E-state index contributed by atoms with van der Waals surface area (Å²) in [6.07, 6.45) is 2.16. The summed E-state index contributed by atoms with van der Waals surface area (Å²) in [5, 5.41) is 13.6. The van der Waals surface area contributed by atoms with Crippen molar-refractivity contribution in [2.45, 2.75) is 18.9 Å². The second kappa shape index (κ2) is 5.87. The minimum absolute atomic E-state index is 0.0882. The van der Waals surface area contributed by atoms with E-state index in [2.05, 4.69) is 10.2 Å². The summed E-state index contributed by atoms with van der Waals surface area (Å²) in [6, 6.07) is 4.57. The van der Waals surface area contributed by atoms with Gasteiger partial charge in [-0.3, -0.25) is 14.9 Å². The summed E-state index contributed by atoms with van der Waals surface area (Å²) in [5.41, 5.74) is 5.51. The monoisotopic (exact) mass is 278 g/mol. The lowest BCUT2D eigenvalue weighted by Crippen LogP contribution is -2.38. The van der Waals surface area contributed by atoms with Gasteiger partial charge in [0.1, 0.15) is 5.69 Å². The molecule has 3 N–H and O–H groups in total. The Kier molecular flexibility index (Phi) is 4.19. The number of likely N-dealkylation sites (tertiary alicyclic amines) is 1. The van der Waals surface area contributed by atoms with Crippen LogP contribution in [0.25, 0.3) is 0 Å². The highest BCUT2D eigenvalue weighted by molar-refractivity contribution is 6.00. The highest BCUT2D eigenvalue weighted by atomic mass is 16.6. The molecule has 1 amide bonds. The van der Waals surface area contributed by atoms with Crippen molar-refractivity contribution in [3.8, 4) is 0 Å². The second-order valence-electron chi connectivity index (χ2n) is 4.98. The molecule has 1 fully saturated rings. The van der Waals surface area contributed by atoms with Crippen molar-refractivity contribution >= 4 is 17.3 Å². The first-order chi connectivity index (χ1) is 9.50. The molecule has 1 aliphatic rings. The first kappa shape index (κ1) is 14.3. The number of carbonyl (C=O) groups is 1. The smallest absolute Gasteiger partial charge is 0.292 e. The molecule has 0 saturated carbocycles. The van der Waals surface area contributed by atoms with E-state index in [9.17, 15) is 14.9 Å². The Morgan fingerprint density at radius 1 is 1.60 bits per heavy atom. The number of hydrogen-bond acceptors (Lipinski definition) is 5. The zero-order valence-electron chi connectivity index (χ0n) is 11.3. The molecule has 0 aliphatic carbocycles. The number of amides is 1. The quantitative estimate of drug-likeness (QED) is 0.486. The fraction of sp³-hybridized carbons (Fsp3) is 0.462. The number of anilines is 1. The highest BCUT2D eigenvalue weighted by Crippen LogP contribution is 2.24. The van der Waals surface area contributed by atoms with Gasteiger partial charge in [0.25, 0.3) is 11.6 Å². The van der Waals surface area contributed by atoms with Crippen molar-refractivity contribution in [2.24, 2.45) is 0 Å². The lowest BCUT2D eigenvalue weighted by molar-refractivity contribution is -0.383. The van der Waals surface area contributed by atoms with E-state index in [0.717, 1.165) is 19.4 Å². The van der Waals surface area contributed by atoms with Gasteiger partial charge in [-0.25, -0.2) is 0 Å². The molecule has 1 aliphatic heterocycles. The summed E-state index contributed by atoms with van der Waals surface area (Å²) >= 11 is 0. The van der Waals surface area contributed by atoms with Crippen LogP contribution in [0.3, 0.4) is 0 Å². The van der Waals surface area contributed by atoms with E-state index in [1.807, 2.05) is 7.05 Å². The van der Waals surface area contributed by atoms with Crippen LogP contribution >= 0.6 is 0 Å². The van der Waals surface area contributed by atoms with E-state index in [4.69, 9.17) is 5.73 Å². The maximum atomic E-state index is 12.1. The molecule has 1 unspecified atom stereocenters. The van der Waals surface area contributed by atoms with Gasteiger partial charge in [0.15, 0.2) is 0 Å². The molecular formula is C13H18N4O3. The Morgan fingerprint density at radius 2 is 2.35 bits per heavy atom. The molecule has 7 heteroatoms. The number of nitrogen functional groups attached to an aromatic ring is 1. The molecule has 1 saturated heterocycles. The molecule has 1 heterocycles. The average Bonchev–Trinajstić information content (AvgIpc) is 2.81. The Balaban J connectivity index is 2.06. The number of likely N-dealkylation sites (N-methyl/N-ethyl adjacent to an activating group) is 1. The molecule has 0 radical (unpaired) electrons. The van der Waals surface area contributed by atoms with Crippen LogP contribution in [0, 0.1) is 10.1 Å². The minimum Gasteiger partial charge on any atom is -0.393 e. The van der Waals surface area contributed by atoms with E-state index in [1.165, 1.54) is 18.2 Å². The number of benzene rings is 1. The van der Waals surface area contributed by atoms with Gasteiger partial charge in [-0.2, -0.15) is 0 Å². The number of nitro benzene ring substituents is 1. The molecule has 0 spiro atoms. The van der Waals surface area contributed by atoms with Gasteiger partial charge < -0.3 is 16.0 Å². The van der Waals surface area contributed by atoms with Gasteiger partial charge in [-0.1, -0.05) is 6.07 Å². The predicted molar refractivity (Wildman–Crippen MR) is 75.5 cm³/mol. The Labute approximate surface area is 116 Å². The zero-order chi connectivity index (χ0) is 14.7. The van der Waals surface area contributed by atoms with Gasteiger partial charge in [0.2, 0.25) is 0 Å². The van der Waals surface area contributed by atoms with Crippen molar-refractivity contribution < 1.29 is 9.72 Å². The van der Waals surface area contributed by atoms with Crippen molar-refractivity contribution in [3.63, 3.8) is 0 Å². The summed E-state index contributed by atoms with van der Waals surface area (Å²) in [7, 11) is 2.02. The van der Waals surface area contributed by atoms with E-state index in [1.54, 1.807) is 0 Å². The van der Waals surface area contributed by atoms with Gasteiger partial charge in [0, 0.05) is 18.7 Å². The molecule has 0 bridgehead atoms. The van der Waals surface area contributed by atoms with Gasteiger partial charge in [-0.15, -0.1) is 0 Å². The van der Waals surface area contributed by atoms with E-state index >= 15 is 0 Å². The van der Waals surface area contributed by atoms with Crippen LogP contribution in [0.15, 0.2) is 18.2 Å². The number of para-hydroxylation sites is 1. The van der Waals surface area contributed by atoms with Crippen LogP contribution in [0.2, 0.25) is 0 Å². The summed E-state index contributed by atoms with van der Waals surface area (Å²) in [5.74, 6) is -0.369. The molecule has 1 aromatic carbocycles. The molecule has 0 aromatic heterocycles. The van der Waals surface area contributed by atoms with Gasteiger partial charge in [-0.05, 0) is 32.5 Å². The van der Waals surface area contributed by atoms with Crippen molar-refractivity contribution in [1.82, 2.24) is 10.2 Å². The summed E-state index contributed by atoms with van der Waals surface area (Å²) < 4.78 is 0. The van der Waals surface area contributed by atoms with Crippen LogP contribution in [0.1, 0.15) is 23.2 Å². The number of hydrogen-bond donors (Lipinski definition) is 2. The maximum Gasteiger partial charge on any atom is 0.292 e. The van der Waals surface area contributed by atoms with Crippen molar-refractivity contribution in [3.05, 3.63) is 33.9 Å². The summed E-state index contributed by atoms with van der Waals surface area (Å²) in [4.78, 5) is 24.5. The first-order valence-corrected chi connectivity index (χ1v) is 6.52. The molecule has 2 rings (SSSR count). The number of nitrogens with zero attached hydrogens (tertiary/aromatic N) is 2. The number of nitro groups is 1. The second-order valence-corrected chi connectivity index (χ2v) is 4.98. The Bertz CT molecular complexity index is 532. The first-order valence-electron chi connectivity index (χ1n) is 6.52. The normalized spacial score (nSPS) is 18.9. The summed E-state index contributed by atoms with van der Waals surface area (Å²) in [6.45, 7) is 1.55. The van der Waals surface area contributed by atoms with E-state index < -0.39 is 4.92 Å². The van der Waals surface area contributed by atoms with Crippen LogP contribution in [-0.4, -0.2) is 41.9 Å². The largest absolute Gasteiger partial charge is 0.393 e. The van der Waals surface area contributed by atoms with E-state index in [0.29, 0.717) is 12.6 Å². The van der Waals surface area contributed by atoms with E-state index in [-0.39, 0.29) is 22.8 Å². The standard InChI is InChI=1S/C13H18N4O3/c1-16-7-3-4-9(16)8-15-13(18)10-5-2-6-11(12(10)14)17(19)20/h2,5-6,9H,3-4,7-8,14H2,1H3,(H,15,18). The third-order valence-electron chi connectivity index (χ3n) is 3.69. The number of nitrogens with two attached hydrogens (primary N) is 1. The Hall–Kier alpha value is -2.15. The number of rotatable bonds is 4. The molecular weight excluding hydrogens is 260 g/mol.